The van der Waals surface area contributed by atoms with Crippen molar-refractivity contribution in [3.05, 3.63) is 64.6 Å². The number of anilines is 1. The predicted octanol–water partition coefficient (Wildman–Crippen LogP) is 3.41. The van der Waals surface area contributed by atoms with Gasteiger partial charge in [0.05, 0.1) is 23.0 Å². The van der Waals surface area contributed by atoms with Gasteiger partial charge >= 0.3 is 17.8 Å². The Labute approximate surface area is 175 Å². The molecule has 0 bridgehead atoms. The summed E-state index contributed by atoms with van der Waals surface area (Å²) in [5, 5.41) is 2.35. The fourth-order valence-corrected chi connectivity index (χ4v) is 3.16. The van der Waals surface area contributed by atoms with Crippen molar-refractivity contribution in [3.63, 3.8) is 0 Å². The topological polar surface area (TPSA) is 82.3 Å². The number of esters is 1. The van der Waals surface area contributed by atoms with Gasteiger partial charge in [-0.1, -0.05) is 12.1 Å². The molecule has 1 aromatic heterocycles. The van der Waals surface area contributed by atoms with Gasteiger partial charge in [-0.15, -0.1) is 0 Å². The molecule has 10 heteroatoms. The first-order chi connectivity index (χ1) is 14.7. The Morgan fingerprint density at radius 1 is 1.00 bits per heavy atom. The van der Waals surface area contributed by atoms with Gasteiger partial charge in [0, 0.05) is 18.8 Å². The van der Waals surface area contributed by atoms with Crippen molar-refractivity contribution in [2.75, 3.05) is 11.9 Å². The highest BCUT2D eigenvalue weighted by atomic mass is 19.4. The highest BCUT2D eigenvalue weighted by Gasteiger charge is 2.30. The molecule has 2 aromatic carbocycles. The van der Waals surface area contributed by atoms with E-state index in [0.717, 1.165) is 29.8 Å². The molecule has 0 aliphatic carbocycles. The zero-order valence-electron chi connectivity index (χ0n) is 16.6. The molecule has 1 N–H and O–H groups in total. The number of imidazole rings is 1. The summed E-state index contributed by atoms with van der Waals surface area (Å²) in [6.07, 6.45) is -4.59. The van der Waals surface area contributed by atoms with E-state index in [1.807, 2.05) is 19.1 Å². The zero-order chi connectivity index (χ0) is 22.6. The molecule has 164 valence electrons. The molecule has 0 saturated carbocycles. The molecule has 1 amide bonds. The second kappa shape index (κ2) is 9.07. The number of aryl methyl sites for hydroxylation is 2. The van der Waals surface area contributed by atoms with Crippen LogP contribution in [0.15, 0.2) is 53.3 Å². The minimum atomic E-state index is -4.47. The van der Waals surface area contributed by atoms with E-state index in [1.54, 1.807) is 16.7 Å². The molecular formula is C21H20F3N3O4. The van der Waals surface area contributed by atoms with Gasteiger partial charge in [0.15, 0.2) is 6.61 Å². The molecule has 1 heterocycles. The number of halogens is 3. The summed E-state index contributed by atoms with van der Waals surface area (Å²) < 4.78 is 45.6. The molecule has 0 unspecified atom stereocenters. The predicted molar refractivity (Wildman–Crippen MR) is 108 cm³/mol. The van der Waals surface area contributed by atoms with E-state index in [1.165, 1.54) is 4.57 Å². The second-order valence-corrected chi connectivity index (χ2v) is 6.70. The van der Waals surface area contributed by atoms with E-state index in [2.05, 4.69) is 5.32 Å². The molecule has 0 fully saturated rings. The number of benzene rings is 2. The highest BCUT2D eigenvalue weighted by molar-refractivity contribution is 5.92. The summed E-state index contributed by atoms with van der Waals surface area (Å²) in [6.45, 7) is 1.83. The third-order valence-electron chi connectivity index (χ3n) is 4.64. The van der Waals surface area contributed by atoms with Crippen molar-refractivity contribution < 1.29 is 27.5 Å². The number of fused-ring (bicyclic) bond motifs is 1. The summed E-state index contributed by atoms with van der Waals surface area (Å²) in [5.74, 6) is -1.37. The van der Waals surface area contributed by atoms with E-state index in [-0.39, 0.29) is 24.3 Å². The number of ether oxygens (including phenoxy) is 1. The maximum Gasteiger partial charge on any atom is 0.416 e. The Balaban J connectivity index is 1.53. The lowest BCUT2D eigenvalue weighted by Gasteiger charge is -2.09. The van der Waals surface area contributed by atoms with Crippen LogP contribution in [0.1, 0.15) is 18.9 Å². The summed E-state index contributed by atoms with van der Waals surface area (Å²) in [4.78, 5) is 36.4. The van der Waals surface area contributed by atoms with Crippen molar-refractivity contribution in [1.29, 1.82) is 0 Å². The van der Waals surface area contributed by atoms with E-state index < -0.39 is 30.2 Å². The normalized spacial score (nSPS) is 11.5. The average Bonchev–Trinajstić information content (AvgIpc) is 3.01. The Hall–Kier alpha value is -3.56. The van der Waals surface area contributed by atoms with E-state index in [9.17, 15) is 27.6 Å². The van der Waals surface area contributed by atoms with Gasteiger partial charge < -0.3 is 10.1 Å². The van der Waals surface area contributed by atoms with Crippen molar-refractivity contribution in [1.82, 2.24) is 9.13 Å². The van der Waals surface area contributed by atoms with Gasteiger partial charge in [0.25, 0.3) is 5.91 Å². The number of hydrogen-bond donors (Lipinski definition) is 1. The zero-order valence-corrected chi connectivity index (χ0v) is 16.6. The lowest BCUT2D eigenvalue weighted by molar-refractivity contribution is -0.147. The van der Waals surface area contributed by atoms with E-state index in [4.69, 9.17) is 4.74 Å². The van der Waals surface area contributed by atoms with E-state index in [0.29, 0.717) is 12.1 Å². The van der Waals surface area contributed by atoms with Crippen molar-refractivity contribution >= 4 is 28.6 Å². The number of nitrogens with zero attached hydrogens (tertiary/aromatic N) is 2. The van der Waals surface area contributed by atoms with Crippen molar-refractivity contribution in [3.8, 4) is 0 Å². The summed E-state index contributed by atoms with van der Waals surface area (Å²) in [6, 6.07) is 11.1. The first-order valence-corrected chi connectivity index (χ1v) is 9.51. The Morgan fingerprint density at radius 3 is 2.19 bits per heavy atom. The molecule has 31 heavy (non-hydrogen) atoms. The Morgan fingerprint density at radius 2 is 1.61 bits per heavy atom. The fourth-order valence-electron chi connectivity index (χ4n) is 3.16. The average molecular weight is 435 g/mol. The molecule has 7 nitrogen and oxygen atoms in total. The van der Waals surface area contributed by atoms with Gasteiger partial charge in [0.1, 0.15) is 0 Å². The quantitative estimate of drug-likeness (QED) is 0.577. The number of aromatic nitrogens is 2. The van der Waals surface area contributed by atoms with Crippen molar-refractivity contribution in [2.24, 2.45) is 0 Å². The highest BCUT2D eigenvalue weighted by Crippen LogP contribution is 2.29. The van der Waals surface area contributed by atoms with Crippen LogP contribution in [0.25, 0.3) is 11.0 Å². The molecule has 3 rings (SSSR count). The number of carbonyl (C=O) groups is 2. The smallest absolute Gasteiger partial charge is 0.416 e. The third kappa shape index (κ3) is 5.14. The van der Waals surface area contributed by atoms with Crippen molar-refractivity contribution in [2.45, 2.75) is 32.6 Å². The molecule has 0 spiro atoms. The monoisotopic (exact) mass is 435 g/mol. The molecule has 0 aliphatic rings. The van der Waals surface area contributed by atoms with Crippen LogP contribution in [0.3, 0.4) is 0 Å². The maximum atomic E-state index is 12.6. The fraction of sp³-hybridized carbons (Fsp3) is 0.286. The van der Waals surface area contributed by atoms with Crippen LogP contribution in [0.4, 0.5) is 18.9 Å². The molecule has 0 atom stereocenters. The summed E-state index contributed by atoms with van der Waals surface area (Å²) in [7, 11) is 0. The number of hydrogen-bond acceptors (Lipinski definition) is 4. The van der Waals surface area contributed by atoms with Crippen LogP contribution in [-0.2, 0) is 33.6 Å². The van der Waals surface area contributed by atoms with Gasteiger partial charge in [-0.2, -0.15) is 13.2 Å². The lowest BCUT2D eigenvalue weighted by atomic mass is 10.2. The first-order valence-electron chi connectivity index (χ1n) is 9.51. The van der Waals surface area contributed by atoms with Gasteiger partial charge in [-0.05, 0) is 43.3 Å². The SMILES string of the molecule is CCn1c(=O)n(CCC(=O)OCC(=O)Nc2ccc(C(F)(F)F)cc2)c2ccccc21. The van der Waals surface area contributed by atoms with Gasteiger partial charge in [0.2, 0.25) is 0 Å². The van der Waals surface area contributed by atoms with Gasteiger partial charge in [-0.25, -0.2) is 4.79 Å². The molecular weight excluding hydrogens is 415 g/mol. The number of rotatable bonds is 7. The number of amides is 1. The van der Waals surface area contributed by atoms with Crippen LogP contribution >= 0.6 is 0 Å². The second-order valence-electron chi connectivity index (χ2n) is 6.70. The third-order valence-corrected chi connectivity index (χ3v) is 4.64. The minimum absolute atomic E-state index is 0.0890. The Bertz CT molecular complexity index is 1150. The molecule has 0 saturated heterocycles. The molecule has 0 radical (unpaired) electrons. The van der Waals surface area contributed by atoms with E-state index >= 15 is 0 Å². The van der Waals surface area contributed by atoms with Crippen LogP contribution in [0.2, 0.25) is 0 Å². The lowest BCUT2D eigenvalue weighted by Crippen LogP contribution is -2.26. The first kappa shape index (κ1) is 22.1. The van der Waals surface area contributed by atoms with Crippen LogP contribution in [0, 0.1) is 0 Å². The number of carbonyl (C=O) groups excluding carboxylic acids is 2. The summed E-state index contributed by atoms with van der Waals surface area (Å²) >= 11 is 0. The number of para-hydroxylation sites is 2. The van der Waals surface area contributed by atoms with Crippen LogP contribution in [0.5, 0.6) is 0 Å². The van der Waals surface area contributed by atoms with Crippen LogP contribution < -0.4 is 11.0 Å². The van der Waals surface area contributed by atoms with Gasteiger partial charge in [-0.3, -0.25) is 18.7 Å². The maximum absolute atomic E-state index is 12.6. The minimum Gasteiger partial charge on any atom is -0.456 e. The largest absolute Gasteiger partial charge is 0.456 e. The van der Waals surface area contributed by atoms with Crippen LogP contribution in [-0.4, -0.2) is 27.6 Å². The number of alkyl halides is 3. The molecule has 3 aromatic rings. The standard InChI is InChI=1S/C21H20F3N3O4/c1-2-26-16-5-3-4-6-17(16)27(20(26)30)12-11-19(29)31-13-18(28)25-15-9-7-14(8-10-15)21(22,23)24/h3-10H,2,11-13H2,1H3,(H,25,28). The molecule has 0 aliphatic heterocycles. The Kier molecular flexibility index (Phi) is 6.47. The summed E-state index contributed by atoms with van der Waals surface area (Å²) in [5.41, 5.74) is 0.530. The number of nitrogens with one attached hydrogen (secondary N) is 1.